The number of carbonyl (C=O) groups excluding carboxylic acids is 1. The molecule has 27 heavy (non-hydrogen) atoms. The summed E-state index contributed by atoms with van der Waals surface area (Å²) in [7, 11) is 3.18. The molecule has 2 N–H and O–H groups in total. The summed E-state index contributed by atoms with van der Waals surface area (Å²) in [6, 6.07) is 3.55. The Kier molecular flexibility index (Phi) is 5.36. The van der Waals surface area contributed by atoms with Crippen LogP contribution in [0.2, 0.25) is 0 Å². The van der Waals surface area contributed by atoms with Crippen molar-refractivity contribution in [3.05, 3.63) is 23.9 Å². The van der Waals surface area contributed by atoms with Gasteiger partial charge in [0.15, 0.2) is 0 Å². The standard InChI is InChI=1S/C19H25N3O5/c1-11(23)18(24)21(2)13-4-6-14(7-5-13)22-10-12-8-15(19(25)26)17(27-3)9-16(12)20-22/h8-11,13-14,23H,4-7H2,1-3H3,(H,25,26)/t11-,13-,14-/m1/s1. The van der Waals surface area contributed by atoms with E-state index in [9.17, 15) is 19.8 Å². The molecule has 1 fully saturated rings. The molecule has 146 valence electrons. The number of aliphatic hydroxyl groups excluding tert-OH is 1. The Morgan fingerprint density at radius 1 is 1.30 bits per heavy atom. The van der Waals surface area contributed by atoms with E-state index < -0.39 is 12.1 Å². The van der Waals surface area contributed by atoms with Gasteiger partial charge in [-0.3, -0.25) is 9.48 Å². The topological polar surface area (TPSA) is 105 Å². The fourth-order valence-electron chi connectivity index (χ4n) is 3.78. The second kappa shape index (κ2) is 7.56. The molecule has 0 bridgehead atoms. The van der Waals surface area contributed by atoms with Gasteiger partial charge in [0.25, 0.3) is 5.91 Å². The number of likely N-dealkylation sites (N-methyl/N-ethyl adjacent to an activating group) is 1. The molecule has 1 aliphatic rings. The minimum atomic E-state index is -1.03. The van der Waals surface area contributed by atoms with Crippen molar-refractivity contribution >= 4 is 22.8 Å². The number of hydrogen-bond donors (Lipinski definition) is 2. The minimum absolute atomic E-state index is 0.117. The van der Waals surface area contributed by atoms with Gasteiger partial charge in [0.05, 0.1) is 18.7 Å². The van der Waals surface area contributed by atoms with Gasteiger partial charge in [0, 0.05) is 30.7 Å². The normalized spacial score (nSPS) is 21.0. The summed E-state index contributed by atoms with van der Waals surface area (Å²) in [6.07, 6.45) is 4.27. The molecule has 3 rings (SSSR count). The molecule has 0 unspecified atom stereocenters. The van der Waals surface area contributed by atoms with Crippen LogP contribution in [0, 0.1) is 0 Å². The van der Waals surface area contributed by atoms with Crippen LogP contribution in [0.4, 0.5) is 0 Å². The van der Waals surface area contributed by atoms with Crippen LogP contribution in [0.5, 0.6) is 5.75 Å². The summed E-state index contributed by atoms with van der Waals surface area (Å²) in [5.74, 6) is -0.994. The number of ether oxygens (including phenoxy) is 1. The van der Waals surface area contributed by atoms with Crippen molar-refractivity contribution in [3.8, 4) is 5.75 Å². The summed E-state index contributed by atoms with van der Waals surface area (Å²) < 4.78 is 7.05. The predicted molar refractivity (Wildman–Crippen MR) is 99.0 cm³/mol. The average Bonchev–Trinajstić information content (AvgIpc) is 3.08. The molecular weight excluding hydrogens is 350 g/mol. The van der Waals surface area contributed by atoms with Gasteiger partial charge in [-0.1, -0.05) is 0 Å². The lowest BCUT2D eigenvalue weighted by atomic mass is 9.90. The summed E-state index contributed by atoms with van der Waals surface area (Å²) in [5, 5.41) is 24.2. The zero-order valence-electron chi connectivity index (χ0n) is 15.8. The summed E-state index contributed by atoms with van der Waals surface area (Å²) in [4.78, 5) is 25.0. The second-order valence-electron chi connectivity index (χ2n) is 7.11. The first-order chi connectivity index (χ1) is 12.8. The van der Waals surface area contributed by atoms with Crippen LogP contribution in [0.1, 0.15) is 49.0 Å². The van der Waals surface area contributed by atoms with Crippen LogP contribution in [0.15, 0.2) is 18.3 Å². The average molecular weight is 375 g/mol. The number of methoxy groups -OCH3 is 1. The van der Waals surface area contributed by atoms with Crippen LogP contribution in [-0.4, -0.2) is 63.1 Å². The molecule has 1 aromatic heterocycles. The van der Waals surface area contributed by atoms with Gasteiger partial charge >= 0.3 is 5.97 Å². The molecular formula is C19H25N3O5. The monoisotopic (exact) mass is 375 g/mol. The Bertz CT molecular complexity index is 852. The first-order valence-electron chi connectivity index (χ1n) is 9.06. The van der Waals surface area contributed by atoms with E-state index >= 15 is 0 Å². The van der Waals surface area contributed by atoms with Crippen molar-refractivity contribution < 1.29 is 24.5 Å². The molecule has 0 spiro atoms. The predicted octanol–water partition coefficient (Wildman–Crippen LogP) is 2.07. The minimum Gasteiger partial charge on any atom is -0.496 e. The van der Waals surface area contributed by atoms with Gasteiger partial charge in [0.2, 0.25) is 0 Å². The summed E-state index contributed by atoms with van der Waals surface area (Å²) in [6.45, 7) is 1.49. The molecule has 8 nitrogen and oxygen atoms in total. The van der Waals surface area contributed by atoms with E-state index in [1.807, 2.05) is 10.9 Å². The van der Waals surface area contributed by atoms with Gasteiger partial charge in [-0.25, -0.2) is 4.79 Å². The number of amides is 1. The van der Waals surface area contributed by atoms with E-state index in [0.717, 1.165) is 31.1 Å². The number of hydrogen-bond acceptors (Lipinski definition) is 5. The number of carboxylic acid groups (broad SMARTS) is 1. The zero-order chi connectivity index (χ0) is 19.7. The van der Waals surface area contributed by atoms with E-state index in [0.29, 0.717) is 11.3 Å². The van der Waals surface area contributed by atoms with E-state index in [2.05, 4.69) is 5.10 Å². The zero-order valence-corrected chi connectivity index (χ0v) is 15.8. The molecule has 1 saturated carbocycles. The number of carbonyl (C=O) groups is 2. The maximum Gasteiger partial charge on any atom is 0.339 e. The smallest absolute Gasteiger partial charge is 0.339 e. The fraction of sp³-hybridized carbons (Fsp3) is 0.526. The number of aromatic carboxylic acids is 1. The Hall–Kier alpha value is -2.61. The van der Waals surface area contributed by atoms with Crippen molar-refractivity contribution in [2.24, 2.45) is 0 Å². The lowest BCUT2D eigenvalue weighted by Gasteiger charge is -2.35. The van der Waals surface area contributed by atoms with E-state index in [4.69, 9.17) is 4.74 Å². The summed E-state index contributed by atoms with van der Waals surface area (Å²) >= 11 is 0. The SMILES string of the molecule is COc1cc2nn([C@H]3CC[C@H](N(C)C(=O)[C@@H](C)O)CC3)cc2cc1C(=O)O. The Balaban J connectivity index is 1.75. The fourth-order valence-corrected chi connectivity index (χ4v) is 3.78. The molecule has 8 heteroatoms. The Morgan fingerprint density at radius 3 is 2.52 bits per heavy atom. The Morgan fingerprint density at radius 2 is 1.96 bits per heavy atom. The maximum absolute atomic E-state index is 12.0. The van der Waals surface area contributed by atoms with Crippen molar-refractivity contribution in [3.63, 3.8) is 0 Å². The molecule has 0 aliphatic heterocycles. The third-order valence-electron chi connectivity index (χ3n) is 5.37. The first kappa shape index (κ1) is 19.2. The van der Waals surface area contributed by atoms with Crippen LogP contribution < -0.4 is 4.74 Å². The van der Waals surface area contributed by atoms with Crippen molar-refractivity contribution in [2.75, 3.05) is 14.2 Å². The van der Waals surface area contributed by atoms with Gasteiger partial charge in [-0.2, -0.15) is 5.10 Å². The molecule has 1 aromatic carbocycles. The number of benzene rings is 1. The molecule has 1 amide bonds. The highest BCUT2D eigenvalue weighted by molar-refractivity contribution is 5.96. The maximum atomic E-state index is 12.0. The Labute approximate surface area is 157 Å². The highest BCUT2D eigenvalue weighted by atomic mass is 16.5. The lowest BCUT2D eigenvalue weighted by Crippen LogP contribution is -2.43. The van der Waals surface area contributed by atoms with Crippen LogP contribution in [0.3, 0.4) is 0 Å². The van der Waals surface area contributed by atoms with Gasteiger partial charge < -0.3 is 19.8 Å². The highest BCUT2D eigenvalue weighted by Crippen LogP contribution is 2.33. The van der Waals surface area contributed by atoms with Crippen molar-refractivity contribution in [1.29, 1.82) is 0 Å². The largest absolute Gasteiger partial charge is 0.496 e. The number of fused-ring (bicyclic) bond motifs is 1. The van der Waals surface area contributed by atoms with Gasteiger partial charge in [-0.15, -0.1) is 0 Å². The van der Waals surface area contributed by atoms with E-state index in [1.165, 1.54) is 14.0 Å². The molecule has 0 saturated heterocycles. The quantitative estimate of drug-likeness (QED) is 0.829. The van der Waals surface area contributed by atoms with Crippen molar-refractivity contribution in [1.82, 2.24) is 14.7 Å². The van der Waals surface area contributed by atoms with E-state index in [-0.39, 0.29) is 23.6 Å². The van der Waals surface area contributed by atoms with E-state index in [1.54, 1.807) is 24.1 Å². The third kappa shape index (κ3) is 3.75. The molecule has 1 aliphatic carbocycles. The number of rotatable bonds is 5. The van der Waals surface area contributed by atoms with Crippen LogP contribution in [-0.2, 0) is 4.79 Å². The first-order valence-corrected chi connectivity index (χ1v) is 9.06. The highest BCUT2D eigenvalue weighted by Gasteiger charge is 2.29. The number of nitrogens with zero attached hydrogens (tertiary/aromatic N) is 3. The molecule has 2 aromatic rings. The number of carboxylic acids is 1. The lowest BCUT2D eigenvalue weighted by molar-refractivity contribution is -0.140. The summed E-state index contributed by atoms with van der Waals surface area (Å²) in [5.41, 5.74) is 0.812. The number of aliphatic hydroxyl groups is 1. The van der Waals surface area contributed by atoms with Crippen molar-refractivity contribution in [2.45, 2.75) is 50.8 Å². The third-order valence-corrected chi connectivity index (χ3v) is 5.37. The molecule has 1 atom stereocenters. The van der Waals surface area contributed by atoms with Gasteiger partial charge in [-0.05, 0) is 38.7 Å². The molecule has 1 heterocycles. The molecule has 0 radical (unpaired) electrons. The van der Waals surface area contributed by atoms with Crippen LogP contribution >= 0.6 is 0 Å². The second-order valence-corrected chi connectivity index (χ2v) is 7.11. The number of aromatic nitrogens is 2. The van der Waals surface area contributed by atoms with Crippen LogP contribution in [0.25, 0.3) is 10.9 Å². The van der Waals surface area contributed by atoms with Gasteiger partial charge in [0.1, 0.15) is 17.4 Å².